The highest BCUT2D eigenvalue weighted by atomic mass is 35.5. The lowest BCUT2D eigenvalue weighted by Gasteiger charge is -1.87. The Kier molecular flexibility index (Phi) is 3.61. The van der Waals surface area contributed by atoms with Gasteiger partial charge in [-0.3, -0.25) is 4.98 Å². The van der Waals surface area contributed by atoms with E-state index < -0.39 is 0 Å². The van der Waals surface area contributed by atoms with Gasteiger partial charge in [0.25, 0.3) is 0 Å². The number of benzene rings is 1. The second kappa shape index (κ2) is 5.72. The first-order chi connectivity index (χ1) is 9.81. The quantitative estimate of drug-likeness (QED) is 0.659. The van der Waals surface area contributed by atoms with E-state index >= 15 is 0 Å². The van der Waals surface area contributed by atoms with Crippen molar-refractivity contribution in [2.24, 2.45) is 0 Å². The van der Waals surface area contributed by atoms with Gasteiger partial charge in [-0.1, -0.05) is 29.8 Å². The van der Waals surface area contributed by atoms with E-state index in [0.717, 1.165) is 11.1 Å². The average Bonchev–Trinajstić information content (AvgIpc) is 2.86. The van der Waals surface area contributed by atoms with Crippen LogP contribution in [0.1, 0.15) is 11.5 Å². The Hall–Kier alpha value is -2.39. The van der Waals surface area contributed by atoms with Gasteiger partial charge in [0.15, 0.2) is 5.58 Å². The van der Waals surface area contributed by atoms with Gasteiger partial charge in [0.1, 0.15) is 5.52 Å². The molecule has 0 bridgehead atoms. The van der Waals surface area contributed by atoms with Crippen LogP contribution in [0.4, 0.5) is 0 Å². The summed E-state index contributed by atoms with van der Waals surface area (Å²) in [6.07, 6.45) is 11.1. The molecule has 0 spiro atoms. The van der Waals surface area contributed by atoms with Crippen LogP contribution in [-0.4, -0.2) is 9.97 Å². The highest BCUT2D eigenvalue weighted by Crippen LogP contribution is 2.20. The normalized spacial score (nSPS) is 11.8. The van der Waals surface area contributed by atoms with E-state index in [1.54, 1.807) is 24.5 Å². The minimum atomic E-state index is 0.557. The summed E-state index contributed by atoms with van der Waals surface area (Å²) in [7, 11) is 0. The summed E-state index contributed by atoms with van der Waals surface area (Å²) < 4.78 is 5.57. The van der Waals surface area contributed by atoms with Gasteiger partial charge < -0.3 is 4.42 Å². The van der Waals surface area contributed by atoms with Crippen LogP contribution in [-0.2, 0) is 0 Å². The van der Waals surface area contributed by atoms with Crippen molar-refractivity contribution >= 4 is 34.9 Å². The Labute approximate surface area is 121 Å². The molecule has 3 rings (SSSR count). The maximum Gasteiger partial charge on any atom is 0.219 e. The van der Waals surface area contributed by atoms with Crippen molar-refractivity contribution in [2.75, 3.05) is 0 Å². The number of nitrogens with zero attached hydrogens (tertiary/aromatic N) is 2. The Balaban J connectivity index is 1.76. The van der Waals surface area contributed by atoms with Gasteiger partial charge >= 0.3 is 0 Å². The zero-order valence-electron chi connectivity index (χ0n) is 10.5. The van der Waals surface area contributed by atoms with Crippen molar-refractivity contribution in [3.63, 3.8) is 0 Å². The fourth-order valence-electron chi connectivity index (χ4n) is 1.77. The van der Waals surface area contributed by atoms with Crippen LogP contribution in [0.25, 0.3) is 23.3 Å². The monoisotopic (exact) mass is 282 g/mol. The number of oxazole rings is 1. The SMILES string of the molecule is Clc1ccc2nc(/C=C/C=C/c3ccncc3)oc2c1. The van der Waals surface area contributed by atoms with Crippen molar-refractivity contribution in [3.8, 4) is 0 Å². The number of hydrogen-bond acceptors (Lipinski definition) is 3. The number of aromatic nitrogens is 2. The molecule has 0 saturated heterocycles. The van der Waals surface area contributed by atoms with Gasteiger partial charge in [0.05, 0.1) is 0 Å². The molecule has 0 aliphatic rings. The largest absolute Gasteiger partial charge is 0.437 e. The third-order valence-corrected chi connectivity index (χ3v) is 2.95. The molecule has 2 heterocycles. The Morgan fingerprint density at radius 1 is 1.00 bits per heavy atom. The molecule has 0 amide bonds. The minimum Gasteiger partial charge on any atom is -0.437 e. The van der Waals surface area contributed by atoms with Crippen LogP contribution >= 0.6 is 11.6 Å². The van der Waals surface area contributed by atoms with E-state index in [4.69, 9.17) is 16.0 Å². The van der Waals surface area contributed by atoms with E-state index in [9.17, 15) is 0 Å². The lowest BCUT2D eigenvalue weighted by Crippen LogP contribution is -1.71. The molecular formula is C16H11ClN2O. The van der Waals surface area contributed by atoms with Crippen molar-refractivity contribution in [3.05, 3.63) is 71.4 Å². The van der Waals surface area contributed by atoms with Gasteiger partial charge in [0.2, 0.25) is 5.89 Å². The van der Waals surface area contributed by atoms with Crippen molar-refractivity contribution < 1.29 is 4.42 Å². The molecule has 3 nitrogen and oxygen atoms in total. The van der Waals surface area contributed by atoms with Crippen molar-refractivity contribution in [2.45, 2.75) is 0 Å². The molecule has 0 fully saturated rings. The highest BCUT2D eigenvalue weighted by Gasteiger charge is 2.02. The predicted octanol–water partition coefficient (Wildman–Crippen LogP) is 4.60. The molecule has 0 radical (unpaired) electrons. The molecule has 0 unspecified atom stereocenters. The van der Waals surface area contributed by atoms with Gasteiger partial charge in [0, 0.05) is 29.6 Å². The molecule has 0 saturated carbocycles. The van der Waals surface area contributed by atoms with Gasteiger partial charge in [-0.15, -0.1) is 0 Å². The zero-order valence-corrected chi connectivity index (χ0v) is 11.3. The lowest BCUT2D eigenvalue weighted by molar-refractivity contribution is 0.589. The molecule has 20 heavy (non-hydrogen) atoms. The Bertz CT molecular complexity index is 776. The minimum absolute atomic E-state index is 0.557. The lowest BCUT2D eigenvalue weighted by atomic mass is 10.2. The Morgan fingerprint density at radius 2 is 1.80 bits per heavy atom. The summed E-state index contributed by atoms with van der Waals surface area (Å²) in [6, 6.07) is 9.26. The van der Waals surface area contributed by atoms with Crippen LogP contribution in [0.2, 0.25) is 5.02 Å². The van der Waals surface area contributed by atoms with Crippen molar-refractivity contribution in [1.29, 1.82) is 0 Å². The number of allylic oxidation sites excluding steroid dienone is 2. The van der Waals surface area contributed by atoms with E-state index in [1.165, 1.54) is 0 Å². The summed E-state index contributed by atoms with van der Waals surface area (Å²) >= 11 is 5.90. The van der Waals surface area contributed by atoms with Crippen LogP contribution in [0, 0.1) is 0 Å². The first-order valence-electron chi connectivity index (χ1n) is 6.12. The number of rotatable bonds is 3. The molecule has 0 aliphatic heterocycles. The highest BCUT2D eigenvalue weighted by molar-refractivity contribution is 6.31. The van der Waals surface area contributed by atoms with E-state index in [2.05, 4.69) is 9.97 Å². The maximum atomic E-state index is 5.90. The fraction of sp³-hybridized carbons (Fsp3) is 0. The fourth-order valence-corrected chi connectivity index (χ4v) is 1.93. The topological polar surface area (TPSA) is 38.9 Å². The van der Waals surface area contributed by atoms with E-state index in [1.807, 2.05) is 42.5 Å². The molecule has 2 aromatic heterocycles. The molecule has 3 aromatic rings. The van der Waals surface area contributed by atoms with Crippen molar-refractivity contribution in [1.82, 2.24) is 9.97 Å². The number of pyridine rings is 1. The third kappa shape index (κ3) is 2.95. The second-order valence-corrected chi connectivity index (χ2v) is 4.60. The van der Waals surface area contributed by atoms with E-state index in [0.29, 0.717) is 16.5 Å². The van der Waals surface area contributed by atoms with E-state index in [-0.39, 0.29) is 0 Å². The molecule has 0 N–H and O–H groups in total. The molecule has 0 aliphatic carbocycles. The molecule has 1 aromatic carbocycles. The van der Waals surface area contributed by atoms with Crippen LogP contribution < -0.4 is 0 Å². The summed E-state index contributed by atoms with van der Waals surface area (Å²) in [5, 5.41) is 0.641. The van der Waals surface area contributed by atoms with Gasteiger partial charge in [-0.25, -0.2) is 4.98 Å². The first kappa shape index (κ1) is 12.6. The molecule has 4 heteroatoms. The second-order valence-electron chi connectivity index (χ2n) is 4.16. The molecule has 0 atom stereocenters. The molecule has 98 valence electrons. The summed E-state index contributed by atoms with van der Waals surface area (Å²) in [4.78, 5) is 8.31. The van der Waals surface area contributed by atoms with Gasteiger partial charge in [-0.05, 0) is 29.8 Å². The van der Waals surface area contributed by atoms with Crippen LogP contribution in [0.15, 0.2) is 59.3 Å². The van der Waals surface area contributed by atoms with Crippen LogP contribution in [0.5, 0.6) is 0 Å². The number of halogens is 1. The number of fused-ring (bicyclic) bond motifs is 1. The maximum absolute atomic E-state index is 5.90. The summed E-state index contributed by atoms with van der Waals surface area (Å²) in [5.74, 6) is 0.557. The summed E-state index contributed by atoms with van der Waals surface area (Å²) in [6.45, 7) is 0. The smallest absolute Gasteiger partial charge is 0.219 e. The standard InChI is InChI=1S/C16H11ClN2O/c17-13-5-6-14-15(11-13)20-16(19-14)4-2-1-3-12-7-9-18-10-8-12/h1-11H/b3-1+,4-2+. The zero-order chi connectivity index (χ0) is 13.8. The van der Waals surface area contributed by atoms with Crippen LogP contribution in [0.3, 0.4) is 0 Å². The third-order valence-electron chi connectivity index (χ3n) is 2.71. The Morgan fingerprint density at radius 3 is 2.65 bits per heavy atom. The summed E-state index contributed by atoms with van der Waals surface area (Å²) in [5.41, 5.74) is 2.58. The number of hydrogen-bond donors (Lipinski definition) is 0. The first-order valence-corrected chi connectivity index (χ1v) is 6.50. The van der Waals surface area contributed by atoms with Gasteiger partial charge in [-0.2, -0.15) is 0 Å². The molecular weight excluding hydrogens is 272 g/mol. The predicted molar refractivity (Wildman–Crippen MR) is 81.3 cm³/mol. The average molecular weight is 283 g/mol.